The number of rotatable bonds is 9. The number of carbonyl (C=O) groups is 3. The summed E-state index contributed by atoms with van der Waals surface area (Å²) in [5, 5.41) is 38.7. The second-order valence-corrected chi connectivity index (χ2v) is 25.6. The third kappa shape index (κ3) is 9.82. The molecule has 416 valence electrons. The lowest BCUT2D eigenvalue weighted by molar-refractivity contribution is -0.187. The number of sulfonamides is 1. The molecule has 2 bridgehead atoms. The first-order valence-corrected chi connectivity index (χ1v) is 29.9. The molecule has 7 fully saturated rings. The van der Waals surface area contributed by atoms with Crippen molar-refractivity contribution >= 4 is 50.8 Å². The maximum absolute atomic E-state index is 13.1. The number of nitrogens with zero attached hydrogens (tertiary/aromatic N) is 5. The molecule has 6 heterocycles. The Kier molecular flexibility index (Phi) is 15.3. The molecule has 5 N–H and O–H groups in total. The van der Waals surface area contributed by atoms with E-state index in [-0.39, 0.29) is 69.6 Å². The van der Waals surface area contributed by atoms with Gasteiger partial charge in [-0.3, -0.25) is 29.1 Å². The van der Waals surface area contributed by atoms with Crippen molar-refractivity contribution in [2.45, 2.75) is 142 Å². The number of halogens is 2. The van der Waals surface area contributed by atoms with Crippen LogP contribution in [0.2, 0.25) is 10.0 Å². The molecule has 1 unspecified atom stereocenters. The van der Waals surface area contributed by atoms with Gasteiger partial charge in [-0.15, -0.1) is 6.58 Å². The first kappa shape index (κ1) is 54.9. The second-order valence-electron chi connectivity index (χ2n) is 22.9. The van der Waals surface area contributed by atoms with Gasteiger partial charge in [-0.25, -0.2) is 8.42 Å². The number of benzene rings is 4. The number of aromatic hydroxyl groups is 2. The number of ether oxygens (including phenoxy) is 1. The van der Waals surface area contributed by atoms with Gasteiger partial charge in [-0.05, 0) is 92.7 Å². The van der Waals surface area contributed by atoms with E-state index in [9.17, 15) is 38.1 Å². The Morgan fingerprint density at radius 3 is 1.92 bits per heavy atom. The van der Waals surface area contributed by atoms with Crippen molar-refractivity contribution in [3.05, 3.63) is 130 Å². The molecule has 3 spiro atoms. The van der Waals surface area contributed by atoms with Crippen molar-refractivity contribution in [3.63, 3.8) is 0 Å². The standard InChI is InChI=1S/C20H21Cl2N3O4S.C20H29N3O.C19H21NO4/c21-15-10-16(22)19(27)17(11-15)30(28,29)25-8-6-20(7-9-25)23-18(26)13-24(20)12-14-4-2-1-3-5-14;24-19-16-23(15-17-7-3-1-4-8-17)20(21-19)11-13-22(14-12-20)18-9-5-2-6-10-18;1-2-8-20-9-7-18-15-11-3-4-12(21)16(15)24-17(18)13(22)5-6-19(18,23)14(20)10-11/h1-5,10-11,27H,6-9,12-13H2,(H,23,26);1,3-4,7-8,18H,2,5-6,9-16H2,(H,21,24);2-4,14,17,21,23H,1,5-10H2/t;;14-,17?,18+,19-/m..1/s1. The first-order chi connectivity index (χ1) is 37.5. The highest BCUT2D eigenvalue weighted by molar-refractivity contribution is 7.89. The number of carbonyl (C=O) groups excluding carboxylic acids is 3. The summed E-state index contributed by atoms with van der Waals surface area (Å²) in [5.74, 6) is 0.139. The molecule has 13 rings (SSSR count). The van der Waals surface area contributed by atoms with Gasteiger partial charge in [0.05, 0.1) is 40.5 Å². The molecule has 0 radical (unpaired) electrons. The number of Topliss-reactive ketones (excluding diaryl/α,β-unsaturated/α-hetero) is 1. The number of likely N-dealkylation sites (tertiary alicyclic amines) is 2. The Morgan fingerprint density at radius 1 is 0.744 bits per heavy atom. The van der Waals surface area contributed by atoms with Gasteiger partial charge in [0.2, 0.25) is 21.8 Å². The van der Waals surface area contributed by atoms with E-state index in [1.165, 1.54) is 54.1 Å². The average molecular weight is 1130 g/mol. The van der Waals surface area contributed by atoms with Gasteiger partial charge in [0.15, 0.2) is 29.1 Å². The maximum atomic E-state index is 13.1. The second kappa shape index (κ2) is 21.8. The third-order valence-electron chi connectivity index (χ3n) is 18.7. The van der Waals surface area contributed by atoms with Gasteiger partial charge < -0.3 is 35.6 Å². The summed E-state index contributed by atoms with van der Waals surface area (Å²) >= 11 is 11.8. The van der Waals surface area contributed by atoms with Crippen LogP contribution in [-0.2, 0) is 49.3 Å². The number of piperidine rings is 3. The van der Waals surface area contributed by atoms with Crippen LogP contribution >= 0.6 is 23.2 Å². The van der Waals surface area contributed by atoms with Crippen molar-refractivity contribution in [2.75, 3.05) is 52.4 Å². The molecule has 3 aliphatic carbocycles. The van der Waals surface area contributed by atoms with Gasteiger partial charge in [0, 0.05) is 81.4 Å². The number of hydrogen-bond donors (Lipinski definition) is 5. The lowest BCUT2D eigenvalue weighted by atomic mass is 9.49. The minimum absolute atomic E-state index is 0.0408. The van der Waals surface area contributed by atoms with E-state index >= 15 is 0 Å². The summed E-state index contributed by atoms with van der Waals surface area (Å²) in [6.45, 7) is 10.3. The van der Waals surface area contributed by atoms with E-state index in [0.29, 0.717) is 57.4 Å². The highest BCUT2D eigenvalue weighted by atomic mass is 35.5. The number of aliphatic hydroxyl groups is 1. The van der Waals surface area contributed by atoms with Crippen LogP contribution in [-0.4, -0.2) is 153 Å². The van der Waals surface area contributed by atoms with Crippen molar-refractivity contribution < 1.29 is 42.9 Å². The van der Waals surface area contributed by atoms with Crippen LogP contribution in [0.15, 0.2) is 102 Å². The normalized spacial score (nSPS) is 27.7. The van der Waals surface area contributed by atoms with E-state index in [4.69, 9.17) is 27.9 Å². The lowest BCUT2D eigenvalue weighted by Crippen LogP contribution is -2.76. The van der Waals surface area contributed by atoms with Crippen LogP contribution in [0.5, 0.6) is 17.2 Å². The minimum atomic E-state index is -3.99. The van der Waals surface area contributed by atoms with E-state index < -0.39 is 38.6 Å². The molecule has 2 amide bonds. The number of phenols is 2. The SMILES string of the molecule is C=CCN1CC[C@]23c4c5ccc(O)c4OC2C(=O)CC[C@@]3(O)[C@H]1C5.O=C1CN(Cc2ccccc2)C2(CCN(C3CCCCC3)CC2)N1.O=C1CN(Cc2ccccc2)C2(CCN(S(=O)(=O)c3cc(Cl)cc(Cl)c3O)CC2)N1. The summed E-state index contributed by atoms with van der Waals surface area (Å²) in [6, 6.07) is 27.2. The van der Waals surface area contributed by atoms with Crippen molar-refractivity contribution in [3.8, 4) is 17.2 Å². The predicted octanol–water partition coefficient (Wildman–Crippen LogP) is 6.86. The Morgan fingerprint density at radius 2 is 1.33 bits per heavy atom. The quantitative estimate of drug-likeness (QED) is 0.109. The van der Waals surface area contributed by atoms with Gasteiger partial charge in [0.1, 0.15) is 4.90 Å². The molecule has 4 aromatic carbocycles. The Bertz CT molecular complexity index is 3040. The molecular weight excluding hydrogens is 1050 g/mol. The molecule has 5 saturated heterocycles. The van der Waals surface area contributed by atoms with Crippen LogP contribution in [0.3, 0.4) is 0 Å². The van der Waals surface area contributed by atoms with Crippen molar-refractivity contribution in [1.82, 2.24) is 34.5 Å². The fraction of sp³-hybridized carbons (Fsp3) is 0.508. The molecule has 9 aliphatic rings. The van der Waals surface area contributed by atoms with Gasteiger partial charge in [-0.1, -0.05) is 115 Å². The van der Waals surface area contributed by atoms with Gasteiger partial charge in [0.25, 0.3) is 0 Å². The van der Waals surface area contributed by atoms with E-state index in [1.54, 1.807) is 6.07 Å². The molecule has 78 heavy (non-hydrogen) atoms. The fourth-order valence-corrected chi connectivity index (χ4v) is 17.0. The zero-order valence-electron chi connectivity index (χ0n) is 44.1. The van der Waals surface area contributed by atoms with Gasteiger partial charge in [-0.2, -0.15) is 4.31 Å². The maximum Gasteiger partial charge on any atom is 0.246 e. The van der Waals surface area contributed by atoms with Crippen molar-refractivity contribution in [1.29, 1.82) is 0 Å². The molecule has 0 aromatic heterocycles. The highest BCUT2D eigenvalue weighted by Crippen LogP contribution is 2.64. The van der Waals surface area contributed by atoms with Crippen LogP contribution in [0.25, 0.3) is 0 Å². The number of phenolic OH excluding ortho intramolecular Hbond substituents is 2. The summed E-state index contributed by atoms with van der Waals surface area (Å²) < 4.78 is 33.5. The largest absolute Gasteiger partial charge is 0.505 e. The molecule has 4 atom stereocenters. The Labute approximate surface area is 467 Å². The summed E-state index contributed by atoms with van der Waals surface area (Å²) in [4.78, 5) is 46.1. The zero-order valence-corrected chi connectivity index (χ0v) is 46.4. The molecular formula is C59H71Cl2N7O9S. The van der Waals surface area contributed by atoms with Crippen molar-refractivity contribution in [2.24, 2.45) is 0 Å². The average Bonchev–Trinajstić information content (AvgIpc) is 2.85. The molecule has 4 aromatic rings. The molecule has 6 aliphatic heterocycles. The van der Waals surface area contributed by atoms with E-state index in [0.717, 1.165) is 68.3 Å². The zero-order chi connectivity index (χ0) is 54.6. The Balaban J connectivity index is 0.000000125. The van der Waals surface area contributed by atoms with Gasteiger partial charge >= 0.3 is 0 Å². The highest BCUT2D eigenvalue weighted by Gasteiger charge is 2.73. The van der Waals surface area contributed by atoms with Crippen LogP contribution in [0.4, 0.5) is 0 Å². The first-order valence-electron chi connectivity index (χ1n) is 27.7. The number of amides is 2. The summed E-state index contributed by atoms with van der Waals surface area (Å²) in [6.07, 6.45) is 13.3. The van der Waals surface area contributed by atoms with E-state index in [1.807, 2.05) is 42.5 Å². The summed E-state index contributed by atoms with van der Waals surface area (Å²) in [5.41, 5.74) is 1.93. The minimum Gasteiger partial charge on any atom is -0.505 e. The predicted molar refractivity (Wildman–Crippen MR) is 297 cm³/mol. The van der Waals surface area contributed by atoms with Crippen LogP contribution in [0.1, 0.15) is 99.3 Å². The molecule has 16 nitrogen and oxygen atoms in total. The topological polar surface area (TPSA) is 196 Å². The molecule has 19 heteroatoms. The lowest BCUT2D eigenvalue weighted by Gasteiger charge is -2.62. The van der Waals surface area contributed by atoms with Crippen LogP contribution in [0, 0.1) is 0 Å². The number of ketones is 1. The number of nitrogens with one attached hydrogen (secondary N) is 2. The van der Waals surface area contributed by atoms with E-state index in [2.05, 4.69) is 67.1 Å². The van der Waals surface area contributed by atoms with Crippen LogP contribution < -0.4 is 15.4 Å². The summed E-state index contributed by atoms with van der Waals surface area (Å²) in [7, 11) is -3.99. The fourth-order valence-electron chi connectivity index (χ4n) is 14.8. The smallest absolute Gasteiger partial charge is 0.246 e. The monoisotopic (exact) mass is 1120 g/mol. The third-order valence-corrected chi connectivity index (χ3v) is 21.1. The molecule has 2 saturated carbocycles. The number of hydrogen-bond acceptors (Lipinski definition) is 13. The Hall–Kier alpha value is -5.08.